The molecule has 0 N–H and O–H groups in total. The van der Waals surface area contributed by atoms with Gasteiger partial charge in [0.05, 0.1) is 32.4 Å². The maximum Gasteiger partial charge on any atom is 0.223 e. The van der Waals surface area contributed by atoms with E-state index in [4.69, 9.17) is 9.47 Å². The van der Waals surface area contributed by atoms with E-state index < -0.39 is 0 Å². The standard InChI is InChI=1S/C18H28N4O3/c1-13-19-14(2)22(20-13)10-16-5-6-18(25-16)11-21(7-8-24-12-18)17(23)9-15-3-4-15/h15-16H,3-12H2,1-2H3. The maximum absolute atomic E-state index is 12.6. The molecule has 0 aromatic carbocycles. The van der Waals surface area contributed by atoms with Gasteiger partial charge in [0.25, 0.3) is 0 Å². The van der Waals surface area contributed by atoms with Gasteiger partial charge in [-0.25, -0.2) is 9.67 Å². The molecule has 7 nitrogen and oxygen atoms in total. The predicted octanol–water partition coefficient (Wildman–Crippen LogP) is 1.47. The Morgan fingerprint density at radius 2 is 2.16 bits per heavy atom. The van der Waals surface area contributed by atoms with Crippen molar-refractivity contribution in [3.05, 3.63) is 11.6 Å². The van der Waals surface area contributed by atoms with E-state index in [1.807, 2.05) is 23.4 Å². The molecular formula is C18H28N4O3. The second-order valence-electron chi connectivity index (χ2n) is 7.87. The van der Waals surface area contributed by atoms with Gasteiger partial charge in [-0.1, -0.05) is 0 Å². The van der Waals surface area contributed by atoms with E-state index in [2.05, 4.69) is 10.1 Å². The Labute approximate surface area is 148 Å². The second kappa shape index (κ2) is 6.68. The molecule has 3 fully saturated rings. The summed E-state index contributed by atoms with van der Waals surface area (Å²) in [5.41, 5.74) is -0.357. The van der Waals surface area contributed by atoms with Crippen LogP contribution < -0.4 is 0 Å². The van der Waals surface area contributed by atoms with E-state index in [-0.39, 0.29) is 17.6 Å². The molecule has 7 heteroatoms. The van der Waals surface area contributed by atoms with Crippen LogP contribution in [0.3, 0.4) is 0 Å². The van der Waals surface area contributed by atoms with Gasteiger partial charge in [0.15, 0.2) is 0 Å². The fraction of sp³-hybridized carbons (Fsp3) is 0.833. The van der Waals surface area contributed by atoms with Crippen LogP contribution in [0, 0.1) is 19.8 Å². The van der Waals surface area contributed by atoms with Crippen LogP contribution in [0.2, 0.25) is 0 Å². The maximum atomic E-state index is 12.6. The minimum atomic E-state index is -0.357. The molecule has 2 unspecified atom stereocenters. The van der Waals surface area contributed by atoms with Crippen LogP contribution in [0.25, 0.3) is 0 Å². The van der Waals surface area contributed by atoms with Crippen molar-refractivity contribution >= 4 is 5.91 Å². The lowest BCUT2D eigenvalue weighted by Crippen LogP contribution is -2.47. The van der Waals surface area contributed by atoms with E-state index in [1.165, 1.54) is 12.8 Å². The SMILES string of the molecule is Cc1nc(C)n(CC2CCC3(COCCN(C(=O)CC4CC4)C3)O2)n1. The third-order valence-electron chi connectivity index (χ3n) is 5.54. The zero-order valence-corrected chi connectivity index (χ0v) is 15.2. The van der Waals surface area contributed by atoms with Gasteiger partial charge in [-0.05, 0) is 45.4 Å². The number of rotatable bonds is 4. The summed E-state index contributed by atoms with van der Waals surface area (Å²) in [6.07, 6.45) is 5.09. The summed E-state index contributed by atoms with van der Waals surface area (Å²) in [6, 6.07) is 0. The van der Waals surface area contributed by atoms with Crippen LogP contribution in [-0.2, 0) is 20.8 Å². The molecule has 1 amide bonds. The van der Waals surface area contributed by atoms with Crippen molar-refractivity contribution < 1.29 is 14.3 Å². The molecule has 1 aliphatic carbocycles. The third kappa shape index (κ3) is 3.87. The smallest absolute Gasteiger partial charge is 0.223 e. The number of hydrogen-bond donors (Lipinski definition) is 0. The zero-order valence-electron chi connectivity index (χ0n) is 15.2. The van der Waals surface area contributed by atoms with E-state index in [1.54, 1.807) is 0 Å². The van der Waals surface area contributed by atoms with E-state index >= 15 is 0 Å². The highest BCUT2D eigenvalue weighted by Gasteiger charge is 2.44. The molecule has 0 bridgehead atoms. The first-order valence-electron chi connectivity index (χ1n) is 9.44. The van der Waals surface area contributed by atoms with E-state index in [0.29, 0.717) is 45.2 Å². The van der Waals surface area contributed by atoms with Crippen molar-refractivity contribution in [1.29, 1.82) is 0 Å². The Balaban J connectivity index is 1.40. The molecular weight excluding hydrogens is 320 g/mol. The number of nitrogens with zero attached hydrogens (tertiary/aromatic N) is 4. The van der Waals surface area contributed by atoms with Crippen molar-refractivity contribution in [3.8, 4) is 0 Å². The molecule has 0 radical (unpaired) electrons. The highest BCUT2D eigenvalue weighted by Crippen LogP contribution is 2.36. The van der Waals surface area contributed by atoms with Gasteiger partial charge in [-0.2, -0.15) is 5.10 Å². The number of amides is 1. The first kappa shape index (κ1) is 17.0. The summed E-state index contributed by atoms with van der Waals surface area (Å²) in [4.78, 5) is 18.9. The lowest BCUT2D eigenvalue weighted by atomic mass is 10.00. The number of ether oxygens (including phenoxy) is 2. The highest BCUT2D eigenvalue weighted by molar-refractivity contribution is 5.76. The lowest BCUT2D eigenvalue weighted by Gasteiger charge is -2.32. The van der Waals surface area contributed by atoms with Gasteiger partial charge < -0.3 is 14.4 Å². The van der Waals surface area contributed by atoms with Crippen LogP contribution >= 0.6 is 0 Å². The van der Waals surface area contributed by atoms with Crippen LogP contribution in [-0.4, -0.2) is 63.6 Å². The first-order valence-corrected chi connectivity index (χ1v) is 9.44. The first-order chi connectivity index (χ1) is 12.0. The van der Waals surface area contributed by atoms with Gasteiger partial charge >= 0.3 is 0 Å². The summed E-state index contributed by atoms with van der Waals surface area (Å²) in [7, 11) is 0. The van der Waals surface area contributed by atoms with Gasteiger partial charge in [-0.3, -0.25) is 4.79 Å². The lowest BCUT2D eigenvalue weighted by molar-refractivity contribution is -0.136. The van der Waals surface area contributed by atoms with Gasteiger partial charge in [0, 0.05) is 13.0 Å². The third-order valence-corrected chi connectivity index (χ3v) is 5.54. The van der Waals surface area contributed by atoms with Crippen LogP contribution in [0.5, 0.6) is 0 Å². The summed E-state index contributed by atoms with van der Waals surface area (Å²) < 4.78 is 14.2. The van der Waals surface area contributed by atoms with Crippen LogP contribution in [0.15, 0.2) is 0 Å². The fourth-order valence-corrected chi connectivity index (χ4v) is 3.99. The molecule has 1 aromatic heterocycles. The summed E-state index contributed by atoms with van der Waals surface area (Å²) >= 11 is 0. The number of aromatic nitrogens is 3. The van der Waals surface area contributed by atoms with E-state index in [9.17, 15) is 4.79 Å². The predicted molar refractivity (Wildman–Crippen MR) is 91.1 cm³/mol. The van der Waals surface area contributed by atoms with Crippen molar-refractivity contribution in [1.82, 2.24) is 19.7 Å². The van der Waals surface area contributed by atoms with Gasteiger partial charge in [0.2, 0.25) is 5.91 Å². The minimum absolute atomic E-state index is 0.0990. The van der Waals surface area contributed by atoms with Crippen molar-refractivity contribution in [2.45, 2.75) is 64.2 Å². The minimum Gasteiger partial charge on any atom is -0.377 e. The number of carbonyl (C=O) groups excluding carboxylic acids is 1. The monoisotopic (exact) mass is 348 g/mol. The summed E-state index contributed by atoms with van der Waals surface area (Å²) in [5, 5.41) is 4.44. The molecule has 138 valence electrons. The highest BCUT2D eigenvalue weighted by atomic mass is 16.6. The zero-order chi connectivity index (χ0) is 17.4. The Hall–Kier alpha value is -1.47. The fourth-order valence-electron chi connectivity index (χ4n) is 3.99. The van der Waals surface area contributed by atoms with E-state index in [0.717, 1.165) is 24.5 Å². The summed E-state index contributed by atoms with van der Waals surface area (Å²) in [6.45, 7) is 7.11. The van der Waals surface area contributed by atoms with Gasteiger partial charge in [0.1, 0.15) is 17.2 Å². The number of hydrogen-bond acceptors (Lipinski definition) is 5. The number of aryl methyl sites for hydroxylation is 2. The molecule has 3 aliphatic rings. The number of carbonyl (C=O) groups is 1. The quantitative estimate of drug-likeness (QED) is 0.824. The average molecular weight is 348 g/mol. The molecule has 4 rings (SSSR count). The topological polar surface area (TPSA) is 69.5 Å². The molecule has 25 heavy (non-hydrogen) atoms. The van der Waals surface area contributed by atoms with Gasteiger partial charge in [-0.15, -0.1) is 0 Å². The molecule has 3 heterocycles. The Morgan fingerprint density at radius 1 is 1.32 bits per heavy atom. The molecule has 1 saturated carbocycles. The van der Waals surface area contributed by atoms with Crippen molar-refractivity contribution in [2.75, 3.05) is 26.3 Å². The average Bonchev–Trinajstić information content (AvgIpc) is 3.25. The Bertz CT molecular complexity index is 642. The molecule has 1 aromatic rings. The van der Waals surface area contributed by atoms with Crippen molar-refractivity contribution in [3.63, 3.8) is 0 Å². The molecule has 2 saturated heterocycles. The molecule has 1 spiro atoms. The van der Waals surface area contributed by atoms with Crippen molar-refractivity contribution in [2.24, 2.45) is 5.92 Å². The Kier molecular flexibility index (Phi) is 4.54. The largest absolute Gasteiger partial charge is 0.377 e. The van der Waals surface area contributed by atoms with Crippen LogP contribution in [0.1, 0.15) is 43.8 Å². The second-order valence-corrected chi connectivity index (χ2v) is 7.87. The molecule has 2 atom stereocenters. The molecule has 2 aliphatic heterocycles. The van der Waals surface area contributed by atoms with Crippen LogP contribution in [0.4, 0.5) is 0 Å². The normalized spacial score (nSPS) is 30.0. The summed E-state index contributed by atoms with van der Waals surface area (Å²) in [5.74, 6) is 2.59. The Morgan fingerprint density at radius 3 is 2.88 bits per heavy atom.